The van der Waals surface area contributed by atoms with E-state index in [9.17, 15) is 9.50 Å². The highest BCUT2D eigenvalue weighted by atomic mass is 19.1. The zero-order valence-electron chi connectivity index (χ0n) is 8.85. The van der Waals surface area contributed by atoms with Crippen LogP contribution in [0.3, 0.4) is 0 Å². The number of halogens is 1. The Balaban J connectivity index is 2.11. The number of aromatic nitrogens is 1. The van der Waals surface area contributed by atoms with Crippen molar-refractivity contribution in [1.29, 1.82) is 0 Å². The summed E-state index contributed by atoms with van der Waals surface area (Å²) in [7, 11) is 0. The molecule has 1 aromatic heterocycles. The monoisotopic (exact) mass is 221 g/mol. The molecule has 1 unspecified atom stereocenters. The average Bonchev–Trinajstić information content (AvgIpc) is 2.70. The molecule has 16 heavy (non-hydrogen) atoms. The highest BCUT2D eigenvalue weighted by Gasteiger charge is 2.08. The summed E-state index contributed by atoms with van der Waals surface area (Å²) < 4.78 is 18.0. The number of benzene rings is 1. The maximum absolute atomic E-state index is 12.7. The lowest BCUT2D eigenvalue weighted by Gasteiger charge is -1.98. The van der Waals surface area contributed by atoms with E-state index >= 15 is 0 Å². The fourth-order valence-corrected chi connectivity index (χ4v) is 1.38. The van der Waals surface area contributed by atoms with Gasteiger partial charge in [-0.2, -0.15) is 0 Å². The van der Waals surface area contributed by atoms with Gasteiger partial charge in [0.2, 0.25) is 0 Å². The van der Waals surface area contributed by atoms with Gasteiger partial charge in [0.05, 0.1) is 6.20 Å². The summed E-state index contributed by atoms with van der Waals surface area (Å²) >= 11 is 0. The van der Waals surface area contributed by atoms with Crippen molar-refractivity contribution in [2.75, 3.05) is 0 Å². The van der Waals surface area contributed by atoms with Crippen LogP contribution >= 0.6 is 0 Å². The molecule has 2 rings (SSSR count). The topological polar surface area (TPSA) is 46.3 Å². The minimum absolute atomic E-state index is 0.263. The van der Waals surface area contributed by atoms with Crippen LogP contribution in [-0.2, 0) is 6.42 Å². The van der Waals surface area contributed by atoms with Gasteiger partial charge in [-0.25, -0.2) is 9.37 Å². The molecule has 0 saturated heterocycles. The van der Waals surface area contributed by atoms with Gasteiger partial charge in [0.1, 0.15) is 11.9 Å². The van der Waals surface area contributed by atoms with Crippen LogP contribution in [0.25, 0.3) is 0 Å². The minimum Gasteiger partial charge on any atom is -0.443 e. The van der Waals surface area contributed by atoms with Crippen LogP contribution in [0, 0.1) is 5.82 Å². The summed E-state index contributed by atoms with van der Waals surface area (Å²) in [5, 5.41) is 9.26. The lowest BCUT2D eigenvalue weighted by atomic mass is 10.1. The lowest BCUT2D eigenvalue weighted by molar-refractivity contribution is 0.167. The summed E-state index contributed by atoms with van der Waals surface area (Å²) in [6, 6.07) is 6.16. The molecule has 0 aliphatic rings. The molecule has 0 spiro atoms. The van der Waals surface area contributed by atoms with E-state index in [0.29, 0.717) is 18.1 Å². The highest BCUT2D eigenvalue weighted by molar-refractivity contribution is 5.19. The molecular weight excluding hydrogens is 209 g/mol. The normalized spacial score (nSPS) is 12.7. The molecule has 0 saturated carbocycles. The maximum Gasteiger partial charge on any atom is 0.198 e. The molecule has 2 aromatic rings. The number of aliphatic hydroxyl groups excluding tert-OH is 1. The van der Waals surface area contributed by atoms with Crippen molar-refractivity contribution >= 4 is 0 Å². The van der Waals surface area contributed by atoms with Crippen molar-refractivity contribution < 1.29 is 13.9 Å². The van der Waals surface area contributed by atoms with Crippen molar-refractivity contribution in [3.05, 3.63) is 53.5 Å². The summed E-state index contributed by atoms with van der Waals surface area (Å²) in [6.45, 7) is 1.61. The van der Waals surface area contributed by atoms with Gasteiger partial charge >= 0.3 is 0 Å². The molecule has 3 nitrogen and oxygen atoms in total. The Morgan fingerprint density at radius 3 is 2.62 bits per heavy atom. The molecule has 84 valence electrons. The zero-order chi connectivity index (χ0) is 11.5. The Bertz CT molecular complexity index is 462. The second-order valence-electron chi connectivity index (χ2n) is 3.64. The Hall–Kier alpha value is -1.68. The molecule has 1 aromatic carbocycles. The molecule has 1 atom stereocenters. The SMILES string of the molecule is CC(O)c1cnc(Cc2ccc(F)cc2)o1. The number of rotatable bonds is 3. The van der Waals surface area contributed by atoms with E-state index in [1.165, 1.54) is 18.3 Å². The first-order valence-corrected chi connectivity index (χ1v) is 5.02. The average molecular weight is 221 g/mol. The Morgan fingerprint density at radius 2 is 2.06 bits per heavy atom. The van der Waals surface area contributed by atoms with Gasteiger partial charge in [-0.15, -0.1) is 0 Å². The van der Waals surface area contributed by atoms with Gasteiger partial charge in [0.15, 0.2) is 11.7 Å². The van der Waals surface area contributed by atoms with Crippen LogP contribution in [0.15, 0.2) is 34.9 Å². The highest BCUT2D eigenvalue weighted by Crippen LogP contribution is 2.15. The number of aliphatic hydroxyl groups is 1. The molecule has 1 heterocycles. The van der Waals surface area contributed by atoms with Crippen LogP contribution in [0.4, 0.5) is 4.39 Å². The van der Waals surface area contributed by atoms with Gasteiger partial charge in [-0.3, -0.25) is 0 Å². The summed E-state index contributed by atoms with van der Waals surface area (Å²) in [5.74, 6) is 0.695. The van der Waals surface area contributed by atoms with Gasteiger partial charge in [0, 0.05) is 6.42 Å². The summed E-state index contributed by atoms with van der Waals surface area (Å²) in [5.41, 5.74) is 0.917. The summed E-state index contributed by atoms with van der Waals surface area (Å²) in [6.07, 6.45) is 1.34. The molecular formula is C12H12FNO2. The smallest absolute Gasteiger partial charge is 0.198 e. The van der Waals surface area contributed by atoms with Crippen LogP contribution in [0.5, 0.6) is 0 Å². The van der Waals surface area contributed by atoms with E-state index in [0.717, 1.165) is 5.56 Å². The van der Waals surface area contributed by atoms with Crippen LogP contribution in [-0.4, -0.2) is 10.1 Å². The van der Waals surface area contributed by atoms with Gasteiger partial charge < -0.3 is 9.52 Å². The lowest BCUT2D eigenvalue weighted by Crippen LogP contribution is -1.88. The van der Waals surface area contributed by atoms with Crippen molar-refractivity contribution in [2.45, 2.75) is 19.4 Å². The predicted molar refractivity (Wildman–Crippen MR) is 56.3 cm³/mol. The first-order chi connectivity index (χ1) is 7.65. The van der Waals surface area contributed by atoms with E-state index < -0.39 is 6.10 Å². The molecule has 4 heteroatoms. The standard InChI is InChI=1S/C12H12FNO2/c1-8(15)11-7-14-12(16-11)6-9-2-4-10(13)5-3-9/h2-5,7-8,15H,6H2,1H3. The predicted octanol–water partition coefficient (Wildman–Crippen LogP) is 2.46. The van der Waals surface area contributed by atoms with Crippen molar-refractivity contribution in [3.8, 4) is 0 Å². The molecule has 0 radical (unpaired) electrons. The van der Waals surface area contributed by atoms with E-state index in [2.05, 4.69) is 4.98 Å². The number of hydrogen-bond donors (Lipinski definition) is 1. The van der Waals surface area contributed by atoms with Crippen LogP contribution in [0.1, 0.15) is 30.2 Å². The molecule has 0 aliphatic carbocycles. The molecule has 0 bridgehead atoms. The van der Waals surface area contributed by atoms with Gasteiger partial charge in [0.25, 0.3) is 0 Å². The third kappa shape index (κ3) is 2.46. The molecule has 1 N–H and O–H groups in total. The molecule has 0 fully saturated rings. The van der Waals surface area contributed by atoms with Gasteiger partial charge in [-0.1, -0.05) is 12.1 Å². The van der Waals surface area contributed by atoms with Crippen molar-refractivity contribution in [2.24, 2.45) is 0 Å². The quantitative estimate of drug-likeness (QED) is 0.865. The van der Waals surface area contributed by atoms with E-state index in [-0.39, 0.29) is 5.82 Å². The third-order valence-electron chi connectivity index (χ3n) is 2.25. The largest absolute Gasteiger partial charge is 0.443 e. The van der Waals surface area contributed by atoms with E-state index in [1.807, 2.05) is 0 Å². The maximum atomic E-state index is 12.7. The minimum atomic E-state index is -0.658. The zero-order valence-corrected chi connectivity index (χ0v) is 8.85. The summed E-state index contributed by atoms with van der Waals surface area (Å²) in [4.78, 5) is 4.03. The van der Waals surface area contributed by atoms with Gasteiger partial charge in [-0.05, 0) is 24.6 Å². The first-order valence-electron chi connectivity index (χ1n) is 5.02. The third-order valence-corrected chi connectivity index (χ3v) is 2.25. The fraction of sp³-hybridized carbons (Fsp3) is 0.250. The van der Waals surface area contributed by atoms with E-state index in [4.69, 9.17) is 4.42 Å². The number of hydrogen-bond acceptors (Lipinski definition) is 3. The second-order valence-corrected chi connectivity index (χ2v) is 3.64. The van der Waals surface area contributed by atoms with E-state index in [1.54, 1.807) is 19.1 Å². The molecule has 0 aliphatic heterocycles. The Labute approximate surface area is 92.6 Å². The number of oxazole rings is 1. The second kappa shape index (κ2) is 4.45. The Morgan fingerprint density at radius 1 is 1.38 bits per heavy atom. The van der Waals surface area contributed by atoms with Crippen LogP contribution < -0.4 is 0 Å². The van der Waals surface area contributed by atoms with Crippen LogP contribution in [0.2, 0.25) is 0 Å². The Kier molecular flexibility index (Phi) is 3.01. The number of nitrogens with zero attached hydrogens (tertiary/aromatic N) is 1. The molecule has 0 amide bonds. The van der Waals surface area contributed by atoms with Crippen molar-refractivity contribution in [3.63, 3.8) is 0 Å². The first kappa shape index (κ1) is 10.8. The fourth-order valence-electron chi connectivity index (χ4n) is 1.38. The van der Waals surface area contributed by atoms with Crippen molar-refractivity contribution in [1.82, 2.24) is 4.98 Å².